The summed E-state index contributed by atoms with van der Waals surface area (Å²) in [5, 5.41) is 0. The molecule has 0 amide bonds. The van der Waals surface area contributed by atoms with Gasteiger partial charge >= 0.3 is 0 Å². The normalized spacial score (nSPS) is 27.4. The Morgan fingerprint density at radius 3 is 2.11 bits per heavy atom. The van der Waals surface area contributed by atoms with Gasteiger partial charge in [0, 0.05) is 68.6 Å². The third-order valence-electron chi connectivity index (χ3n) is 10.6. The largest absolute Gasteiger partial charge is 0.349 e. The van der Waals surface area contributed by atoms with Gasteiger partial charge in [-0.3, -0.25) is 4.79 Å². The second-order valence-corrected chi connectivity index (χ2v) is 13.1. The van der Waals surface area contributed by atoms with Gasteiger partial charge in [0.15, 0.2) is 0 Å². The van der Waals surface area contributed by atoms with Crippen molar-refractivity contribution in [1.29, 1.82) is 0 Å². The van der Waals surface area contributed by atoms with Gasteiger partial charge in [0.25, 0.3) is 0 Å². The van der Waals surface area contributed by atoms with Crippen molar-refractivity contribution < 1.29 is 4.79 Å². The second-order valence-electron chi connectivity index (χ2n) is 13.1. The van der Waals surface area contributed by atoms with Crippen LogP contribution in [0, 0.1) is 23.2 Å². The summed E-state index contributed by atoms with van der Waals surface area (Å²) in [6.07, 6.45) is 24.5. The fourth-order valence-electron chi connectivity index (χ4n) is 8.29. The predicted molar refractivity (Wildman–Crippen MR) is 150 cm³/mol. The molecular weight excluding hydrogens is 472 g/mol. The van der Waals surface area contributed by atoms with Crippen molar-refractivity contribution in [3.8, 4) is 0 Å². The average Bonchev–Trinajstić information content (AvgIpc) is 3.74. The summed E-state index contributed by atoms with van der Waals surface area (Å²) in [6.45, 7) is 6.53. The number of Topliss-reactive ketones (excluding diaryl/α,β-unsaturated/α-hetero) is 1. The molecule has 4 aliphatic rings. The van der Waals surface area contributed by atoms with E-state index in [1.54, 1.807) is 12.4 Å². The molecule has 6 rings (SSSR count). The van der Waals surface area contributed by atoms with Gasteiger partial charge in [0.1, 0.15) is 17.4 Å². The van der Waals surface area contributed by atoms with Crippen LogP contribution < -0.4 is 0 Å². The number of H-pyrrole nitrogens is 2. The number of aromatic nitrogens is 4. The standard InChI is InChI=1S/C31H48N6O/c38-30(26(20-28-32-13-14-33-28)21-29-34-15-16-35-29)25-8-6-24(7-9-25)22-36-17-10-31(23-36)11-18-37(19-12-31)27-4-2-1-3-5-27/h13-16,24-27H,1-12,17-23H2,(H,32,33)(H,34,35). The molecule has 0 aromatic carbocycles. The Balaban J connectivity index is 0.963. The molecule has 2 N–H and O–H groups in total. The maximum Gasteiger partial charge on any atom is 0.139 e. The van der Waals surface area contributed by atoms with Crippen molar-refractivity contribution >= 4 is 5.78 Å². The summed E-state index contributed by atoms with van der Waals surface area (Å²) < 4.78 is 0. The van der Waals surface area contributed by atoms with Crippen LogP contribution in [-0.4, -0.2) is 74.3 Å². The molecule has 2 aromatic heterocycles. The SMILES string of the molecule is O=C(C1CCC(CN2CCC3(CCN(C4CCCCC4)CC3)C2)CC1)C(Cc1ncc[nH]1)Cc1ncc[nH]1. The Kier molecular flexibility index (Phi) is 8.31. The molecule has 2 saturated heterocycles. The molecule has 4 fully saturated rings. The highest BCUT2D eigenvalue weighted by molar-refractivity contribution is 5.84. The molecule has 0 atom stereocenters. The van der Waals surface area contributed by atoms with Crippen LogP contribution in [0.3, 0.4) is 0 Å². The Labute approximate surface area is 228 Å². The molecule has 0 bridgehead atoms. The van der Waals surface area contributed by atoms with E-state index in [1.807, 2.05) is 12.4 Å². The zero-order valence-corrected chi connectivity index (χ0v) is 23.3. The molecule has 208 valence electrons. The molecule has 2 aliphatic carbocycles. The second kappa shape index (κ2) is 12.0. The number of ketones is 1. The monoisotopic (exact) mass is 520 g/mol. The van der Waals surface area contributed by atoms with E-state index in [4.69, 9.17) is 0 Å². The van der Waals surface area contributed by atoms with Gasteiger partial charge in [0.05, 0.1) is 0 Å². The van der Waals surface area contributed by atoms with Crippen molar-refractivity contribution in [3.05, 3.63) is 36.4 Å². The summed E-state index contributed by atoms with van der Waals surface area (Å²) in [5.74, 6) is 3.10. The van der Waals surface area contributed by atoms with Gasteiger partial charge < -0.3 is 19.8 Å². The minimum Gasteiger partial charge on any atom is -0.349 e. The number of piperidine rings is 1. The highest BCUT2D eigenvalue weighted by atomic mass is 16.1. The Morgan fingerprint density at radius 1 is 0.868 bits per heavy atom. The molecule has 1 spiro atoms. The number of carbonyl (C=O) groups is 1. The Bertz CT molecular complexity index is 946. The zero-order chi connectivity index (χ0) is 25.8. The number of nitrogens with one attached hydrogen (secondary N) is 2. The topological polar surface area (TPSA) is 80.9 Å². The van der Waals surface area contributed by atoms with Gasteiger partial charge in [-0.15, -0.1) is 0 Å². The molecule has 2 aromatic rings. The first-order valence-corrected chi connectivity index (χ1v) is 15.6. The first-order chi connectivity index (χ1) is 18.7. The van der Waals surface area contributed by atoms with Crippen molar-refractivity contribution in [2.45, 2.75) is 95.9 Å². The van der Waals surface area contributed by atoms with E-state index in [9.17, 15) is 4.79 Å². The van der Waals surface area contributed by atoms with Gasteiger partial charge in [-0.25, -0.2) is 9.97 Å². The van der Waals surface area contributed by atoms with Crippen LogP contribution in [0.25, 0.3) is 0 Å². The average molecular weight is 521 g/mol. The quantitative estimate of drug-likeness (QED) is 0.485. The maximum absolute atomic E-state index is 13.6. The zero-order valence-electron chi connectivity index (χ0n) is 23.3. The highest BCUT2D eigenvalue weighted by Gasteiger charge is 2.42. The molecule has 7 heteroatoms. The van der Waals surface area contributed by atoms with Crippen LogP contribution in [0.4, 0.5) is 0 Å². The fraction of sp³-hybridized carbons (Fsp3) is 0.774. The third-order valence-corrected chi connectivity index (χ3v) is 10.6. The number of carbonyl (C=O) groups excluding carboxylic acids is 1. The molecule has 38 heavy (non-hydrogen) atoms. The lowest BCUT2D eigenvalue weighted by atomic mass is 9.75. The molecule has 0 unspecified atom stereocenters. The number of likely N-dealkylation sites (tertiary alicyclic amines) is 2. The van der Waals surface area contributed by atoms with Crippen LogP contribution in [0.5, 0.6) is 0 Å². The van der Waals surface area contributed by atoms with Crippen molar-refractivity contribution in [2.75, 3.05) is 32.7 Å². The maximum atomic E-state index is 13.6. The number of nitrogens with zero attached hydrogens (tertiary/aromatic N) is 4. The van der Waals surface area contributed by atoms with Crippen LogP contribution in [0.15, 0.2) is 24.8 Å². The number of hydrogen-bond donors (Lipinski definition) is 2. The minimum absolute atomic E-state index is 0.0632. The van der Waals surface area contributed by atoms with E-state index in [1.165, 1.54) is 96.9 Å². The first-order valence-electron chi connectivity index (χ1n) is 15.6. The summed E-state index contributed by atoms with van der Waals surface area (Å²) in [5.41, 5.74) is 0.587. The highest BCUT2D eigenvalue weighted by Crippen LogP contribution is 2.43. The van der Waals surface area contributed by atoms with E-state index in [2.05, 4.69) is 29.7 Å². The molecule has 4 heterocycles. The van der Waals surface area contributed by atoms with E-state index in [0.29, 0.717) is 24.0 Å². The summed E-state index contributed by atoms with van der Waals surface area (Å²) in [4.78, 5) is 34.5. The summed E-state index contributed by atoms with van der Waals surface area (Å²) in [6, 6.07) is 0.884. The number of aromatic amines is 2. The fourth-order valence-corrected chi connectivity index (χ4v) is 8.29. The Morgan fingerprint density at radius 2 is 1.50 bits per heavy atom. The molecule has 0 radical (unpaired) electrons. The van der Waals surface area contributed by atoms with Gasteiger partial charge in [-0.05, 0) is 88.8 Å². The molecule has 2 saturated carbocycles. The Hall–Kier alpha value is -1.99. The van der Waals surface area contributed by atoms with Gasteiger partial charge in [0.2, 0.25) is 0 Å². The molecular formula is C31H48N6O. The minimum atomic E-state index is -0.0632. The van der Waals surface area contributed by atoms with Crippen LogP contribution in [0.1, 0.15) is 88.7 Å². The van der Waals surface area contributed by atoms with Crippen LogP contribution in [0.2, 0.25) is 0 Å². The first kappa shape index (κ1) is 26.2. The van der Waals surface area contributed by atoms with Crippen molar-refractivity contribution in [1.82, 2.24) is 29.7 Å². The number of hydrogen-bond acceptors (Lipinski definition) is 5. The van der Waals surface area contributed by atoms with Gasteiger partial charge in [-0.2, -0.15) is 0 Å². The van der Waals surface area contributed by atoms with E-state index >= 15 is 0 Å². The lowest BCUT2D eigenvalue weighted by molar-refractivity contribution is -0.128. The van der Waals surface area contributed by atoms with Crippen LogP contribution in [-0.2, 0) is 17.6 Å². The van der Waals surface area contributed by atoms with Crippen molar-refractivity contribution in [3.63, 3.8) is 0 Å². The summed E-state index contributed by atoms with van der Waals surface area (Å²) >= 11 is 0. The van der Waals surface area contributed by atoms with E-state index in [-0.39, 0.29) is 11.8 Å². The number of rotatable bonds is 9. The third kappa shape index (κ3) is 6.25. The van der Waals surface area contributed by atoms with Crippen LogP contribution >= 0.6 is 0 Å². The smallest absolute Gasteiger partial charge is 0.139 e. The molecule has 2 aliphatic heterocycles. The van der Waals surface area contributed by atoms with E-state index in [0.717, 1.165) is 36.5 Å². The lowest BCUT2D eigenvalue weighted by Gasteiger charge is -2.44. The number of imidazole rings is 2. The van der Waals surface area contributed by atoms with Crippen molar-refractivity contribution in [2.24, 2.45) is 23.2 Å². The summed E-state index contributed by atoms with van der Waals surface area (Å²) in [7, 11) is 0. The lowest BCUT2D eigenvalue weighted by Crippen LogP contribution is -2.46. The predicted octanol–water partition coefficient (Wildman–Crippen LogP) is 5.03. The molecule has 7 nitrogen and oxygen atoms in total. The van der Waals surface area contributed by atoms with E-state index < -0.39 is 0 Å². The van der Waals surface area contributed by atoms with Gasteiger partial charge in [-0.1, -0.05) is 19.3 Å².